The maximum atomic E-state index is 13.0. The number of aliphatic carboxylic acids is 2. The smallest absolute Gasteiger partial charge is 0.307 e. The number of H-pyrrole nitrogens is 1. The first-order valence-corrected chi connectivity index (χ1v) is 13.0. The van der Waals surface area contributed by atoms with Crippen molar-refractivity contribution >= 4 is 52.1 Å². The van der Waals surface area contributed by atoms with Gasteiger partial charge < -0.3 is 26.2 Å². The molecule has 2 aromatic rings. The van der Waals surface area contributed by atoms with Crippen LogP contribution in [0, 0.1) is 11.8 Å². The van der Waals surface area contributed by atoms with E-state index in [1.54, 1.807) is 6.20 Å². The Morgan fingerprint density at radius 3 is 2.31 bits per heavy atom. The largest absolute Gasteiger partial charge is 0.481 e. The van der Waals surface area contributed by atoms with E-state index in [2.05, 4.69) is 10.3 Å². The van der Waals surface area contributed by atoms with Gasteiger partial charge in [0.25, 0.3) is 0 Å². The Morgan fingerprint density at radius 2 is 1.69 bits per heavy atom. The van der Waals surface area contributed by atoms with Crippen LogP contribution in [0.5, 0.6) is 0 Å². The molecule has 0 aliphatic heterocycles. The summed E-state index contributed by atoms with van der Waals surface area (Å²) in [6, 6.07) is 5.18. The Hall–Kier alpha value is -3.18. The van der Waals surface area contributed by atoms with Crippen LogP contribution in [0.2, 0.25) is 0 Å². The predicted molar refractivity (Wildman–Crippen MR) is 137 cm³/mol. The predicted octanol–water partition coefficient (Wildman–Crippen LogP) is 2.01. The van der Waals surface area contributed by atoms with E-state index in [0.29, 0.717) is 12.2 Å². The molecule has 4 atom stereocenters. The number of carboxylic acid groups (broad SMARTS) is 2. The Morgan fingerprint density at radius 1 is 1.03 bits per heavy atom. The normalized spacial score (nSPS) is 14.5. The number of thioether (sulfide) groups is 1. The highest BCUT2D eigenvalue weighted by atomic mass is 32.2. The number of hydrogen-bond acceptors (Lipinski definition) is 7. The number of carbonyl (C=O) groups is 5. The summed E-state index contributed by atoms with van der Waals surface area (Å²) in [6.45, 7) is 1.52. The van der Waals surface area contributed by atoms with Crippen molar-refractivity contribution in [3.05, 3.63) is 36.0 Å². The van der Waals surface area contributed by atoms with E-state index in [4.69, 9.17) is 5.73 Å². The molecule has 1 heterocycles. The number of ketones is 2. The van der Waals surface area contributed by atoms with E-state index in [9.17, 15) is 34.2 Å². The van der Waals surface area contributed by atoms with Crippen molar-refractivity contribution in [2.75, 3.05) is 12.0 Å². The molecule has 196 valence electrons. The minimum atomic E-state index is -1.41. The van der Waals surface area contributed by atoms with Crippen molar-refractivity contribution in [3.8, 4) is 0 Å². The van der Waals surface area contributed by atoms with Crippen LogP contribution in [0.1, 0.15) is 38.2 Å². The van der Waals surface area contributed by atoms with E-state index >= 15 is 0 Å². The summed E-state index contributed by atoms with van der Waals surface area (Å²) < 4.78 is 0. The average Bonchev–Trinajstić information content (AvgIpc) is 3.22. The molecular weight excluding hydrogens is 486 g/mol. The zero-order valence-electron chi connectivity index (χ0n) is 20.4. The van der Waals surface area contributed by atoms with Gasteiger partial charge in [0.2, 0.25) is 5.91 Å². The maximum Gasteiger partial charge on any atom is 0.307 e. The molecule has 0 aliphatic carbocycles. The maximum absolute atomic E-state index is 13.0. The zero-order chi connectivity index (χ0) is 26.8. The minimum absolute atomic E-state index is 0.0536. The number of fused-ring (bicyclic) bond motifs is 1. The molecule has 0 radical (unpaired) electrons. The molecule has 2 rings (SSSR count). The van der Waals surface area contributed by atoms with Gasteiger partial charge in [0.05, 0.1) is 24.4 Å². The topological polar surface area (TPSA) is 180 Å². The minimum Gasteiger partial charge on any atom is -0.481 e. The second-order valence-corrected chi connectivity index (χ2v) is 9.85. The number of benzene rings is 1. The van der Waals surface area contributed by atoms with Gasteiger partial charge >= 0.3 is 11.9 Å². The number of nitrogens with two attached hydrogens (primary N) is 1. The Bertz CT molecular complexity index is 1100. The number of carbonyl (C=O) groups excluding carboxylic acids is 3. The molecule has 0 saturated carbocycles. The highest BCUT2D eigenvalue weighted by molar-refractivity contribution is 7.98. The summed E-state index contributed by atoms with van der Waals surface area (Å²) in [5.41, 5.74) is 7.17. The molecule has 0 fully saturated rings. The highest BCUT2D eigenvalue weighted by Crippen LogP contribution is 2.23. The molecule has 10 nitrogen and oxygen atoms in total. The van der Waals surface area contributed by atoms with Gasteiger partial charge in [0.15, 0.2) is 5.78 Å². The van der Waals surface area contributed by atoms with Crippen LogP contribution in [-0.2, 0) is 30.4 Å². The summed E-state index contributed by atoms with van der Waals surface area (Å²) in [7, 11) is 0. The standard InChI is InChI=1S/C25H33N3O7S/c1-14(26)21(29)10-15(7-8-36-2)24(33)28-20(12-23(31)32)22(30)11-16(25(34)35)9-17-13-27-19-6-4-3-5-18(17)19/h3-6,13-16,20,27H,7-12,26H2,1-2H3,(H,28,33)(H,31,32)(H,34,35)/t14-,15+,16+,20-/m0/s1. The van der Waals surface area contributed by atoms with Crippen LogP contribution < -0.4 is 11.1 Å². The molecule has 0 bridgehead atoms. The lowest BCUT2D eigenvalue weighted by Crippen LogP contribution is -2.46. The van der Waals surface area contributed by atoms with E-state index in [1.807, 2.05) is 30.5 Å². The molecule has 11 heteroatoms. The first kappa shape index (κ1) is 29.1. The number of rotatable bonds is 16. The number of aromatic amines is 1. The number of amides is 1. The first-order valence-electron chi connectivity index (χ1n) is 11.6. The van der Waals surface area contributed by atoms with Crippen LogP contribution in [-0.4, -0.2) is 68.7 Å². The molecule has 0 saturated heterocycles. The molecule has 6 N–H and O–H groups in total. The van der Waals surface area contributed by atoms with Gasteiger partial charge in [-0.25, -0.2) is 0 Å². The molecule has 0 spiro atoms. The van der Waals surface area contributed by atoms with Crippen molar-refractivity contribution in [1.29, 1.82) is 0 Å². The number of nitrogens with one attached hydrogen (secondary N) is 2. The second-order valence-electron chi connectivity index (χ2n) is 8.87. The van der Waals surface area contributed by atoms with Crippen molar-refractivity contribution in [2.45, 2.75) is 51.1 Å². The van der Waals surface area contributed by atoms with Crippen molar-refractivity contribution in [3.63, 3.8) is 0 Å². The van der Waals surface area contributed by atoms with Gasteiger partial charge in [-0.15, -0.1) is 0 Å². The van der Waals surface area contributed by atoms with Crippen LogP contribution in [0.3, 0.4) is 0 Å². The third-order valence-corrected chi connectivity index (χ3v) is 6.66. The van der Waals surface area contributed by atoms with Crippen molar-refractivity contribution < 1.29 is 34.2 Å². The fraction of sp³-hybridized carbons (Fsp3) is 0.480. The molecular formula is C25H33N3O7S. The lowest BCUT2D eigenvalue weighted by Gasteiger charge is -2.22. The lowest BCUT2D eigenvalue weighted by molar-refractivity contribution is -0.144. The lowest BCUT2D eigenvalue weighted by atomic mass is 9.90. The quantitative estimate of drug-likeness (QED) is 0.222. The third kappa shape index (κ3) is 8.49. The van der Waals surface area contributed by atoms with Crippen LogP contribution >= 0.6 is 11.8 Å². The monoisotopic (exact) mass is 519 g/mol. The van der Waals surface area contributed by atoms with E-state index in [0.717, 1.165) is 16.5 Å². The summed E-state index contributed by atoms with van der Waals surface area (Å²) in [4.78, 5) is 64.6. The van der Waals surface area contributed by atoms with Gasteiger partial charge in [0, 0.05) is 35.9 Å². The Kier molecular flexibility index (Phi) is 11.1. The number of carboxylic acids is 2. The summed E-state index contributed by atoms with van der Waals surface area (Å²) >= 11 is 1.48. The SMILES string of the molecule is CSCC[C@H](CC(=O)[C@H](C)N)C(=O)N[C@@H](CC(=O)O)C(=O)C[C@@H](Cc1c[nH]c2ccccc12)C(=O)O. The number of aromatic nitrogens is 1. The summed E-state index contributed by atoms with van der Waals surface area (Å²) in [5.74, 6) is -5.46. The van der Waals surface area contributed by atoms with Crippen LogP contribution in [0.25, 0.3) is 10.9 Å². The molecule has 0 aliphatic rings. The van der Waals surface area contributed by atoms with Gasteiger partial charge in [-0.2, -0.15) is 11.8 Å². The van der Waals surface area contributed by atoms with E-state index < -0.39 is 60.4 Å². The van der Waals surface area contributed by atoms with Crippen LogP contribution in [0.15, 0.2) is 30.5 Å². The fourth-order valence-electron chi connectivity index (χ4n) is 3.92. The van der Waals surface area contributed by atoms with E-state index in [1.165, 1.54) is 18.7 Å². The Labute approximate surface area is 213 Å². The van der Waals surface area contributed by atoms with E-state index in [-0.39, 0.29) is 18.6 Å². The molecule has 0 unspecified atom stereocenters. The van der Waals surface area contributed by atoms with Crippen LogP contribution in [0.4, 0.5) is 0 Å². The number of hydrogen-bond donors (Lipinski definition) is 5. The summed E-state index contributed by atoms with van der Waals surface area (Å²) in [5, 5.41) is 22.4. The van der Waals surface area contributed by atoms with Crippen molar-refractivity contribution in [2.24, 2.45) is 17.6 Å². The first-order chi connectivity index (χ1) is 17.0. The van der Waals surface area contributed by atoms with Crippen molar-refractivity contribution in [1.82, 2.24) is 10.3 Å². The Balaban J connectivity index is 2.17. The average molecular weight is 520 g/mol. The fourth-order valence-corrected chi connectivity index (χ4v) is 4.44. The molecule has 1 aromatic heterocycles. The highest BCUT2D eigenvalue weighted by Gasteiger charge is 2.32. The molecule has 1 aromatic carbocycles. The molecule has 36 heavy (non-hydrogen) atoms. The van der Waals surface area contributed by atoms with Gasteiger partial charge in [0.1, 0.15) is 5.78 Å². The zero-order valence-corrected chi connectivity index (χ0v) is 21.2. The third-order valence-electron chi connectivity index (χ3n) is 6.02. The van der Waals surface area contributed by atoms with Gasteiger partial charge in [-0.05, 0) is 43.4 Å². The molecule has 1 amide bonds. The summed E-state index contributed by atoms with van der Waals surface area (Å²) in [6.07, 6.45) is 2.65. The van der Waals surface area contributed by atoms with Gasteiger partial charge in [-0.3, -0.25) is 24.0 Å². The number of para-hydroxylation sites is 1. The second kappa shape index (κ2) is 13.8. The number of Topliss-reactive ketones (excluding diaryl/α,β-unsaturated/α-hetero) is 2. The van der Waals surface area contributed by atoms with Gasteiger partial charge in [-0.1, -0.05) is 18.2 Å².